The van der Waals surface area contributed by atoms with Crippen LogP contribution in [-0.4, -0.2) is 50.0 Å². The Morgan fingerprint density at radius 2 is 2.05 bits per heavy atom. The molecule has 6 nitrogen and oxygen atoms in total. The van der Waals surface area contributed by atoms with Crippen molar-refractivity contribution in [3.8, 4) is 0 Å². The second-order valence-electron chi connectivity index (χ2n) is 5.51. The van der Waals surface area contributed by atoms with Gasteiger partial charge in [0, 0.05) is 6.54 Å². The van der Waals surface area contributed by atoms with Crippen molar-refractivity contribution in [3.63, 3.8) is 0 Å². The summed E-state index contributed by atoms with van der Waals surface area (Å²) in [5.74, 6) is -0.267. The minimum atomic E-state index is -3.60. The second kappa shape index (κ2) is 6.62. The first-order valence-electron chi connectivity index (χ1n) is 6.83. The smallest absolute Gasteiger partial charge is 0.407 e. The number of hydrogen-bond acceptors (Lipinski definition) is 4. The molecule has 0 bridgehead atoms. The second-order valence-corrected chi connectivity index (χ2v) is 7.15. The van der Waals surface area contributed by atoms with E-state index in [1.54, 1.807) is 12.1 Å². The van der Waals surface area contributed by atoms with Gasteiger partial charge >= 0.3 is 6.09 Å². The highest BCUT2D eigenvalue weighted by Crippen LogP contribution is 2.27. The van der Waals surface area contributed by atoms with Crippen molar-refractivity contribution in [2.75, 3.05) is 19.4 Å². The topological polar surface area (TPSA) is 83.9 Å². The lowest BCUT2D eigenvalue weighted by Crippen LogP contribution is -2.37. The van der Waals surface area contributed by atoms with Crippen LogP contribution in [0.1, 0.15) is 12.0 Å². The quantitative estimate of drug-likeness (QED) is 0.831. The summed E-state index contributed by atoms with van der Waals surface area (Å²) in [4.78, 5) is 12.5. The predicted octanol–water partition coefficient (Wildman–Crippen LogP) is 1.71. The van der Waals surface area contributed by atoms with E-state index < -0.39 is 22.3 Å². The predicted molar refractivity (Wildman–Crippen MR) is 77.5 cm³/mol. The highest BCUT2D eigenvalue weighted by Gasteiger charge is 2.35. The van der Waals surface area contributed by atoms with Crippen LogP contribution >= 0.6 is 0 Å². The third-order valence-electron chi connectivity index (χ3n) is 3.66. The van der Waals surface area contributed by atoms with Crippen molar-refractivity contribution in [2.24, 2.45) is 5.92 Å². The Morgan fingerprint density at radius 1 is 1.41 bits per heavy atom. The van der Waals surface area contributed by atoms with Crippen LogP contribution in [-0.2, 0) is 20.7 Å². The van der Waals surface area contributed by atoms with Crippen molar-refractivity contribution in [1.29, 1.82) is 0 Å². The van der Waals surface area contributed by atoms with Crippen LogP contribution in [0.2, 0.25) is 0 Å². The number of halogens is 1. The maximum atomic E-state index is 12.9. The number of rotatable bonds is 5. The Balaban J connectivity index is 2.00. The third-order valence-corrected chi connectivity index (χ3v) is 4.22. The fraction of sp³-hybridized carbons (Fsp3) is 0.500. The Morgan fingerprint density at radius 3 is 2.59 bits per heavy atom. The van der Waals surface area contributed by atoms with E-state index in [2.05, 4.69) is 0 Å². The molecule has 8 heteroatoms. The lowest BCUT2D eigenvalue weighted by molar-refractivity contribution is 0.124. The normalized spacial score (nSPS) is 22.0. The van der Waals surface area contributed by atoms with Crippen molar-refractivity contribution in [3.05, 3.63) is 35.6 Å². The lowest BCUT2D eigenvalue weighted by atomic mass is 9.97. The summed E-state index contributed by atoms with van der Waals surface area (Å²) >= 11 is 0. The van der Waals surface area contributed by atoms with E-state index in [0.717, 1.165) is 11.8 Å². The molecule has 22 heavy (non-hydrogen) atoms. The summed E-state index contributed by atoms with van der Waals surface area (Å²) in [7, 11) is -3.60. The first kappa shape index (κ1) is 16.7. The first-order valence-corrected chi connectivity index (χ1v) is 8.64. The average Bonchev–Trinajstić information content (AvgIpc) is 2.82. The Labute approximate surface area is 128 Å². The van der Waals surface area contributed by atoms with E-state index >= 15 is 0 Å². The summed E-state index contributed by atoms with van der Waals surface area (Å²) in [5.41, 5.74) is 0.918. The molecule has 1 aromatic rings. The van der Waals surface area contributed by atoms with Crippen LogP contribution in [0.4, 0.5) is 9.18 Å². The third kappa shape index (κ3) is 4.67. The van der Waals surface area contributed by atoms with Crippen molar-refractivity contribution >= 4 is 16.2 Å². The molecule has 1 fully saturated rings. The average molecular weight is 331 g/mol. The molecule has 1 aliphatic rings. The van der Waals surface area contributed by atoms with Gasteiger partial charge in [0.2, 0.25) is 0 Å². The molecule has 2 atom stereocenters. The van der Waals surface area contributed by atoms with Crippen molar-refractivity contribution in [1.82, 2.24) is 4.90 Å². The number of amides is 1. The monoisotopic (exact) mass is 331 g/mol. The van der Waals surface area contributed by atoms with Gasteiger partial charge in [0.15, 0.2) is 0 Å². The minimum Gasteiger partial charge on any atom is -0.465 e. The van der Waals surface area contributed by atoms with Gasteiger partial charge in [-0.1, -0.05) is 12.1 Å². The zero-order chi connectivity index (χ0) is 16.3. The van der Waals surface area contributed by atoms with Crippen LogP contribution in [0.3, 0.4) is 0 Å². The van der Waals surface area contributed by atoms with Crippen LogP contribution in [0.25, 0.3) is 0 Å². The number of carboxylic acid groups (broad SMARTS) is 1. The fourth-order valence-electron chi connectivity index (χ4n) is 2.71. The molecule has 2 unspecified atom stereocenters. The van der Waals surface area contributed by atoms with Gasteiger partial charge in [0.05, 0.1) is 18.9 Å². The highest BCUT2D eigenvalue weighted by atomic mass is 32.2. The maximum absolute atomic E-state index is 12.9. The van der Waals surface area contributed by atoms with E-state index in [1.165, 1.54) is 17.0 Å². The van der Waals surface area contributed by atoms with E-state index in [9.17, 15) is 22.7 Å². The van der Waals surface area contributed by atoms with Gasteiger partial charge in [0.1, 0.15) is 5.82 Å². The fourth-order valence-corrected chi connectivity index (χ4v) is 3.11. The molecule has 0 saturated carbocycles. The van der Waals surface area contributed by atoms with Crippen LogP contribution in [0.5, 0.6) is 0 Å². The summed E-state index contributed by atoms with van der Waals surface area (Å²) in [5, 5.41) is 9.20. The summed E-state index contributed by atoms with van der Waals surface area (Å²) in [6.45, 7) is 0.134. The van der Waals surface area contributed by atoms with Crippen LogP contribution in [0, 0.1) is 11.7 Å². The lowest BCUT2D eigenvalue weighted by Gasteiger charge is -2.20. The van der Waals surface area contributed by atoms with Gasteiger partial charge in [0.25, 0.3) is 10.1 Å². The first-order chi connectivity index (χ1) is 10.2. The SMILES string of the molecule is CS(=O)(=O)OCC1CC(Cc2ccc(F)cc2)CN1C(=O)O. The number of likely N-dealkylation sites (tertiary alicyclic amines) is 1. The Bertz CT molecular complexity index is 631. The highest BCUT2D eigenvalue weighted by molar-refractivity contribution is 7.85. The van der Waals surface area contributed by atoms with Gasteiger partial charge in [-0.25, -0.2) is 9.18 Å². The standard InChI is InChI=1S/C14H18FNO5S/c1-22(19,20)21-9-13-7-11(8-16(13)14(17)18)6-10-2-4-12(15)5-3-10/h2-5,11,13H,6-9H2,1H3,(H,17,18). The van der Waals surface area contributed by atoms with Gasteiger partial charge < -0.3 is 10.0 Å². The molecule has 122 valence electrons. The van der Waals surface area contributed by atoms with Crippen LogP contribution < -0.4 is 0 Å². The van der Waals surface area contributed by atoms with E-state index in [4.69, 9.17) is 4.18 Å². The number of benzene rings is 1. The van der Waals surface area contributed by atoms with Gasteiger partial charge in [-0.05, 0) is 36.5 Å². The Kier molecular flexibility index (Phi) is 5.02. The molecule has 0 aliphatic carbocycles. The molecule has 1 N–H and O–H groups in total. The molecule has 0 aromatic heterocycles. The van der Waals surface area contributed by atoms with Gasteiger partial charge in [-0.15, -0.1) is 0 Å². The zero-order valence-electron chi connectivity index (χ0n) is 12.1. The van der Waals surface area contributed by atoms with E-state index in [1.807, 2.05) is 0 Å². The molecule has 1 amide bonds. The summed E-state index contributed by atoms with van der Waals surface area (Å²) in [6, 6.07) is 5.58. The van der Waals surface area contributed by atoms with Crippen molar-refractivity contribution in [2.45, 2.75) is 18.9 Å². The largest absolute Gasteiger partial charge is 0.465 e. The van der Waals surface area contributed by atoms with Crippen molar-refractivity contribution < 1.29 is 26.9 Å². The van der Waals surface area contributed by atoms with E-state index in [-0.39, 0.29) is 18.3 Å². The molecule has 0 radical (unpaired) electrons. The molecule has 1 saturated heterocycles. The molecule has 1 aliphatic heterocycles. The number of carbonyl (C=O) groups is 1. The maximum Gasteiger partial charge on any atom is 0.407 e. The molecule has 2 rings (SSSR count). The zero-order valence-corrected chi connectivity index (χ0v) is 12.9. The molecular formula is C14H18FNO5S. The van der Waals surface area contributed by atoms with Crippen LogP contribution in [0.15, 0.2) is 24.3 Å². The van der Waals surface area contributed by atoms with Gasteiger partial charge in [-0.3, -0.25) is 4.18 Å². The summed E-state index contributed by atoms with van der Waals surface area (Å²) < 4.78 is 39.7. The number of nitrogens with zero attached hydrogens (tertiary/aromatic N) is 1. The minimum absolute atomic E-state index is 0.0507. The van der Waals surface area contributed by atoms with Gasteiger partial charge in [-0.2, -0.15) is 8.42 Å². The number of hydrogen-bond donors (Lipinski definition) is 1. The molecular weight excluding hydrogens is 313 g/mol. The summed E-state index contributed by atoms with van der Waals surface area (Å²) in [6.07, 6.45) is 0.963. The van der Waals surface area contributed by atoms with E-state index in [0.29, 0.717) is 19.4 Å². The molecule has 0 spiro atoms. The molecule has 1 aromatic carbocycles. The Hall–Kier alpha value is -1.67. The molecule has 1 heterocycles.